The minimum Gasteiger partial charge on any atom is -0.353 e. The number of carbonyl (C=O) groups is 1. The quantitative estimate of drug-likeness (QED) is 0.785. The molecule has 6 heteroatoms. The molecule has 3 unspecified atom stereocenters. The molecule has 0 heterocycles. The second-order valence-electron chi connectivity index (χ2n) is 4.67. The fourth-order valence-corrected chi connectivity index (χ4v) is 2.17. The summed E-state index contributed by atoms with van der Waals surface area (Å²) in [5, 5.41) is 2.65. The third kappa shape index (κ3) is 4.37. The summed E-state index contributed by atoms with van der Waals surface area (Å²) in [6.07, 6.45) is -2.87. The van der Waals surface area contributed by atoms with E-state index in [2.05, 4.69) is 5.32 Å². The van der Waals surface area contributed by atoms with Crippen molar-refractivity contribution in [1.82, 2.24) is 5.32 Å². The first-order chi connectivity index (χ1) is 7.84. The minimum absolute atomic E-state index is 0.00968. The molecule has 1 N–H and O–H groups in total. The van der Waals surface area contributed by atoms with Crippen molar-refractivity contribution in [3.05, 3.63) is 0 Å². The van der Waals surface area contributed by atoms with E-state index in [0.717, 1.165) is 0 Å². The Bertz CT molecular complexity index is 270. The predicted octanol–water partition coefficient (Wildman–Crippen LogP) is 3.10. The summed E-state index contributed by atoms with van der Waals surface area (Å²) in [6.45, 7) is 1.66. The highest BCUT2D eigenvalue weighted by Crippen LogP contribution is 2.37. The van der Waals surface area contributed by atoms with E-state index in [4.69, 9.17) is 11.6 Å². The van der Waals surface area contributed by atoms with Crippen LogP contribution in [0.1, 0.15) is 32.6 Å². The topological polar surface area (TPSA) is 29.1 Å². The van der Waals surface area contributed by atoms with Gasteiger partial charge in [-0.3, -0.25) is 4.79 Å². The Morgan fingerprint density at radius 3 is 2.65 bits per heavy atom. The molecule has 0 saturated heterocycles. The summed E-state index contributed by atoms with van der Waals surface area (Å²) < 4.78 is 37.6. The van der Waals surface area contributed by atoms with Gasteiger partial charge in [-0.2, -0.15) is 13.2 Å². The number of rotatable bonds is 3. The fraction of sp³-hybridized carbons (Fsp3) is 0.909. The van der Waals surface area contributed by atoms with Gasteiger partial charge in [-0.05, 0) is 19.3 Å². The molecule has 0 spiro atoms. The molecule has 1 aliphatic carbocycles. The van der Waals surface area contributed by atoms with Gasteiger partial charge in [0.05, 0.1) is 5.92 Å². The number of amides is 1. The summed E-state index contributed by atoms with van der Waals surface area (Å²) in [4.78, 5) is 11.5. The molecular formula is C11H17ClF3NO. The van der Waals surface area contributed by atoms with Crippen molar-refractivity contribution in [2.45, 2.75) is 44.8 Å². The van der Waals surface area contributed by atoms with Gasteiger partial charge < -0.3 is 5.32 Å². The Morgan fingerprint density at radius 2 is 2.12 bits per heavy atom. The Labute approximate surface area is 104 Å². The monoisotopic (exact) mass is 271 g/mol. The molecular weight excluding hydrogens is 255 g/mol. The first-order valence-electron chi connectivity index (χ1n) is 5.77. The molecule has 0 aromatic heterocycles. The Hall–Kier alpha value is -0.450. The summed E-state index contributed by atoms with van der Waals surface area (Å²) in [5.41, 5.74) is 0. The maximum absolute atomic E-state index is 12.5. The standard InChI is InChI=1S/C11H17ClF3NO/c1-7(6-12)10(17)16-9-4-2-3-8(5-9)11(13,14)15/h7-9H,2-6H2,1H3,(H,16,17). The summed E-state index contributed by atoms with van der Waals surface area (Å²) in [5.74, 6) is -1.72. The van der Waals surface area contributed by atoms with Crippen LogP contribution < -0.4 is 5.32 Å². The van der Waals surface area contributed by atoms with Crippen molar-refractivity contribution in [2.75, 3.05) is 5.88 Å². The van der Waals surface area contributed by atoms with Crippen LogP contribution in [0.25, 0.3) is 0 Å². The van der Waals surface area contributed by atoms with Gasteiger partial charge in [0.15, 0.2) is 0 Å². The predicted molar refractivity (Wildman–Crippen MR) is 59.8 cm³/mol. The molecule has 3 atom stereocenters. The van der Waals surface area contributed by atoms with Gasteiger partial charge in [0, 0.05) is 17.8 Å². The molecule has 100 valence electrons. The largest absolute Gasteiger partial charge is 0.391 e. The van der Waals surface area contributed by atoms with Crippen LogP contribution in [0, 0.1) is 11.8 Å². The molecule has 1 saturated carbocycles. The zero-order chi connectivity index (χ0) is 13.1. The lowest BCUT2D eigenvalue weighted by Crippen LogP contribution is -2.43. The van der Waals surface area contributed by atoms with Crippen LogP contribution >= 0.6 is 11.6 Å². The molecule has 0 aromatic carbocycles. The fourth-order valence-electron chi connectivity index (χ4n) is 2.03. The highest BCUT2D eigenvalue weighted by molar-refractivity contribution is 6.19. The summed E-state index contributed by atoms with van der Waals surface area (Å²) in [7, 11) is 0. The number of halogens is 4. The molecule has 2 nitrogen and oxygen atoms in total. The van der Waals surface area contributed by atoms with Crippen molar-refractivity contribution < 1.29 is 18.0 Å². The van der Waals surface area contributed by atoms with E-state index >= 15 is 0 Å². The van der Waals surface area contributed by atoms with Crippen LogP contribution in [0.5, 0.6) is 0 Å². The average Bonchev–Trinajstić information content (AvgIpc) is 2.27. The van der Waals surface area contributed by atoms with E-state index < -0.39 is 12.1 Å². The number of nitrogens with one attached hydrogen (secondary N) is 1. The van der Waals surface area contributed by atoms with Crippen molar-refractivity contribution in [1.29, 1.82) is 0 Å². The second kappa shape index (κ2) is 5.94. The zero-order valence-corrected chi connectivity index (χ0v) is 10.4. The minimum atomic E-state index is -4.15. The zero-order valence-electron chi connectivity index (χ0n) is 9.69. The lowest BCUT2D eigenvalue weighted by molar-refractivity contribution is -0.184. The lowest BCUT2D eigenvalue weighted by atomic mass is 9.85. The third-order valence-electron chi connectivity index (χ3n) is 3.16. The van der Waals surface area contributed by atoms with E-state index in [1.807, 2.05) is 0 Å². The van der Waals surface area contributed by atoms with Crippen LogP contribution in [-0.2, 0) is 4.79 Å². The first kappa shape index (κ1) is 14.6. The molecule has 1 rings (SSSR count). The van der Waals surface area contributed by atoms with Crippen molar-refractivity contribution in [3.8, 4) is 0 Å². The lowest BCUT2D eigenvalue weighted by Gasteiger charge is -2.31. The summed E-state index contributed by atoms with van der Waals surface area (Å²) in [6, 6.07) is -0.367. The van der Waals surface area contributed by atoms with E-state index in [-0.39, 0.29) is 36.6 Å². The highest BCUT2D eigenvalue weighted by Gasteiger charge is 2.42. The van der Waals surface area contributed by atoms with Gasteiger partial charge in [-0.25, -0.2) is 0 Å². The maximum atomic E-state index is 12.5. The Morgan fingerprint density at radius 1 is 1.47 bits per heavy atom. The van der Waals surface area contributed by atoms with Gasteiger partial charge in [0.25, 0.3) is 0 Å². The molecule has 1 aliphatic rings. The van der Waals surface area contributed by atoms with Gasteiger partial charge in [-0.15, -0.1) is 11.6 Å². The Balaban J connectivity index is 2.48. The van der Waals surface area contributed by atoms with Crippen LogP contribution in [0.4, 0.5) is 13.2 Å². The normalized spacial score (nSPS) is 27.6. The van der Waals surface area contributed by atoms with Crippen LogP contribution in [-0.4, -0.2) is 24.0 Å². The molecule has 0 aliphatic heterocycles. The molecule has 1 fully saturated rings. The van der Waals surface area contributed by atoms with E-state index in [1.165, 1.54) is 0 Å². The summed E-state index contributed by atoms with van der Waals surface area (Å²) >= 11 is 5.52. The number of alkyl halides is 4. The molecule has 0 radical (unpaired) electrons. The number of hydrogen-bond acceptors (Lipinski definition) is 1. The van der Waals surface area contributed by atoms with Crippen LogP contribution in [0.15, 0.2) is 0 Å². The maximum Gasteiger partial charge on any atom is 0.391 e. The molecule has 1 amide bonds. The smallest absolute Gasteiger partial charge is 0.353 e. The SMILES string of the molecule is CC(CCl)C(=O)NC1CCCC(C(F)(F)F)C1. The van der Waals surface area contributed by atoms with Crippen LogP contribution in [0.3, 0.4) is 0 Å². The van der Waals surface area contributed by atoms with Crippen LogP contribution in [0.2, 0.25) is 0 Å². The Kier molecular flexibility index (Phi) is 5.10. The highest BCUT2D eigenvalue weighted by atomic mass is 35.5. The number of hydrogen-bond donors (Lipinski definition) is 1. The first-order valence-corrected chi connectivity index (χ1v) is 6.31. The number of carbonyl (C=O) groups excluding carboxylic acids is 1. The molecule has 0 aromatic rings. The van der Waals surface area contributed by atoms with E-state index in [9.17, 15) is 18.0 Å². The average molecular weight is 272 g/mol. The third-order valence-corrected chi connectivity index (χ3v) is 3.63. The van der Waals surface area contributed by atoms with E-state index in [1.54, 1.807) is 6.92 Å². The van der Waals surface area contributed by atoms with Gasteiger partial charge in [-0.1, -0.05) is 13.3 Å². The van der Waals surface area contributed by atoms with Crippen molar-refractivity contribution >= 4 is 17.5 Å². The van der Waals surface area contributed by atoms with Gasteiger partial charge in [0.2, 0.25) is 5.91 Å². The second-order valence-corrected chi connectivity index (χ2v) is 4.97. The van der Waals surface area contributed by atoms with Crippen molar-refractivity contribution in [3.63, 3.8) is 0 Å². The molecule has 0 bridgehead atoms. The van der Waals surface area contributed by atoms with Crippen molar-refractivity contribution in [2.24, 2.45) is 11.8 Å². The van der Waals surface area contributed by atoms with Gasteiger partial charge >= 0.3 is 6.18 Å². The van der Waals surface area contributed by atoms with E-state index in [0.29, 0.717) is 12.8 Å². The van der Waals surface area contributed by atoms with Gasteiger partial charge in [0.1, 0.15) is 0 Å². The molecule has 17 heavy (non-hydrogen) atoms.